The van der Waals surface area contributed by atoms with E-state index in [9.17, 15) is 14.7 Å². The lowest BCUT2D eigenvalue weighted by Crippen LogP contribution is -2.66. The molecule has 2 aliphatic heterocycles. The average molecular weight is 315 g/mol. The maximum atomic E-state index is 13.0. The van der Waals surface area contributed by atoms with Crippen LogP contribution in [0.2, 0.25) is 0 Å². The Morgan fingerprint density at radius 3 is 2.70 bits per heavy atom. The number of para-hydroxylation sites is 1. The van der Waals surface area contributed by atoms with Crippen LogP contribution in [0, 0.1) is 5.92 Å². The zero-order chi connectivity index (χ0) is 16.2. The number of rotatable bonds is 2. The second kappa shape index (κ2) is 4.98. The second-order valence-corrected chi connectivity index (χ2v) is 7.09. The third kappa shape index (κ3) is 2.06. The predicted molar refractivity (Wildman–Crippen MR) is 83.1 cm³/mol. The summed E-state index contributed by atoms with van der Waals surface area (Å²) in [6, 6.07) is 7.62. The van der Waals surface area contributed by atoms with E-state index in [1.165, 1.54) is 0 Å². The first-order valence-electron chi connectivity index (χ1n) is 8.35. The number of fused-ring (bicyclic) bond motifs is 4. The van der Waals surface area contributed by atoms with Crippen molar-refractivity contribution in [1.82, 2.24) is 4.90 Å². The van der Waals surface area contributed by atoms with Crippen molar-refractivity contribution < 1.29 is 19.4 Å². The molecule has 1 aromatic rings. The molecule has 1 aromatic carbocycles. The molecular formula is C18H21NO4. The number of carboxylic acid groups (broad SMARTS) is 1. The molecule has 0 radical (unpaired) electrons. The Balaban J connectivity index is 1.83. The summed E-state index contributed by atoms with van der Waals surface area (Å²) in [6.45, 7) is 1.93. The summed E-state index contributed by atoms with van der Waals surface area (Å²) >= 11 is 0. The molecule has 1 amide bonds. The molecule has 5 heteroatoms. The molecule has 5 nitrogen and oxygen atoms in total. The Kier molecular flexibility index (Phi) is 3.15. The summed E-state index contributed by atoms with van der Waals surface area (Å²) in [5.41, 5.74) is 0.105. The van der Waals surface area contributed by atoms with Gasteiger partial charge in [-0.1, -0.05) is 31.0 Å². The van der Waals surface area contributed by atoms with Gasteiger partial charge < -0.3 is 14.7 Å². The minimum atomic E-state index is -1.03. The third-order valence-corrected chi connectivity index (χ3v) is 5.62. The highest BCUT2D eigenvalue weighted by Gasteiger charge is 2.58. The lowest BCUT2D eigenvalue weighted by atomic mass is 9.73. The van der Waals surface area contributed by atoms with E-state index in [2.05, 4.69) is 0 Å². The monoisotopic (exact) mass is 315 g/mol. The van der Waals surface area contributed by atoms with Crippen molar-refractivity contribution in [2.75, 3.05) is 0 Å². The first kappa shape index (κ1) is 14.5. The molecule has 2 heterocycles. The van der Waals surface area contributed by atoms with E-state index >= 15 is 0 Å². The summed E-state index contributed by atoms with van der Waals surface area (Å²) in [5.74, 6) is -1.91. The first-order chi connectivity index (χ1) is 11.0. The van der Waals surface area contributed by atoms with Crippen molar-refractivity contribution in [1.29, 1.82) is 0 Å². The number of likely N-dealkylation sites (tertiary alicyclic amines) is 1. The van der Waals surface area contributed by atoms with E-state index in [-0.39, 0.29) is 17.9 Å². The average Bonchev–Trinajstić information content (AvgIpc) is 2.99. The van der Waals surface area contributed by atoms with Gasteiger partial charge in [0.1, 0.15) is 11.7 Å². The Bertz CT molecular complexity index is 667. The first-order valence-corrected chi connectivity index (χ1v) is 8.35. The smallest absolute Gasteiger partial charge is 0.316 e. The molecule has 1 aliphatic carbocycles. The number of hydrogen-bond donors (Lipinski definition) is 1. The number of piperidine rings is 1. The molecule has 2 bridgehead atoms. The van der Waals surface area contributed by atoms with E-state index in [4.69, 9.17) is 4.74 Å². The maximum Gasteiger partial charge on any atom is 0.316 e. The summed E-state index contributed by atoms with van der Waals surface area (Å²) in [5, 5.41) is 9.70. The van der Waals surface area contributed by atoms with Gasteiger partial charge in [0.2, 0.25) is 5.91 Å². The summed E-state index contributed by atoms with van der Waals surface area (Å²) in [4.78, 5) is 26.7. The SMILES string of the molecule is C[C@]12C[C@H](c3ccccc3O1)[C@H](C(=O)O)C(=O)N2C1CCCC1. The zero-order valence-corrected chi connectivity index (χ0v) is 13.2. The van der Waals surface area contributed by atoms with Gasteiger partial charge >= 0.3 is 5.97 Å². The number of aliphatic carboxylic acids is 1. The number of ether oxygens (including phenoxy) is 1. The predicted octanol–water partition coefficient (Wildman–Crippen LogP) is 2.75. The van der Waals surface area contributed by atoms with Gasteiger partial charge in [-0.05, 0) is 31.4 Å². The van der Waals surface area contributed by atoms with Gasteiger partial charge in [0, 0.05) is 18.4 Å². The maximum absolute atomic E-state index is 13.0. The van der Waals surface area contributed by atoms with Gasteiger partial charge in [-0.25, -0.2) is 0 Å². The molecule has 23 heavy (non-hydrogen) atoms. The highest BCUT2D eigenvalue weighted by Crippen LogP contribution is 2.51. The van der Waals surface area contributed by atoms with Gasteiger partial charge in [-0.3, -0.25) is 9.59 Å². The van der Waals surface area contributed by atoms with Crippen LogP contribution in [0.1, 0.15) is 50.5 Å². The van der Waals surface area contributed by atoms with E-state index in [1.54, 1.807) is 4.90 Å². The van der Waals surface area contributed by atoms with E-state index in [0.29, 0.717) is 12.2 Å². The molecule has 0 unspecified atom stereocenters. The summed E-state index contributed by atoms with van der Waals surface area (Å²) < 4.78 is 6.23. The van der Waals surface area contributed by atoms with Gasteiger partial charge in [0.15, 0.2) is 5.72 Å². The van der Waals surface area contributed by atoms with E-state index < -0.39 is 17.6 Å². The quantitative estimate of drug-likeness (QED) is 0.852. The molecule has 1 saturated heterocycles. The highest BCUT2D eigenvalue weighted by atomic mass is 16.5. The lowest BCUT2D eigenvalue weighted by Gasteiger charge is -2.54. The molecule has 1 saturated carbocycles. The van der Waals surface area contributed by atoms with Crippen LogP contribution < -0.4 is 4.74 Å². The van der Waals surface area contributed by atoms with Gasteiger partial charge in [0.05, 0.1) is 0 Å². The minimum absolute atomic E-state index is 0.0977. The van der Waals surface area contributed by atoms with Gasteiger partial charge in [-0.2, -0.15) is 0 Å². The zero-order valence-electron chi connectivity index (χ0n) is 13.2. The fraction of sp³-hybridized carbons (Fsp3) is 0.556. The second-order valence-electron chi connectivity index (χ2n) is 7.09. The fourth-order valence-electron chi connectivity index (χ4n) is 4.68. The third-order valence-electron chi connectivity index (χ3n) is 5.62. The Hall–Kier alpha value is -2.04. The van der Waals surface area contributed by atoms with Crippen molar-refractivity contribution >= 4 is 11.9 Å². The van der Waals surface area contributed by atoms with Crippen molar-refractivity contribution in [3.8, 4) is 5.75 Å². The largest absolute Gasteiger partial charge is 0.481 e. The fourth-order valence-corrected chi connectivity index (χ4v) is 4.68. The standard InChI is InChI=1S/C18H21NO4/c1-18-10-13(12-8-4-5-9-14(12)23-18)15(17(21)22)16(20)19(18)11-6-2-3-7-11/h4-5,8-9,11,13,15H,2-3,6-7,10H2,1H3,(H,21,22)/t13-,15+,18-/m1/s1. The molecule has 3 aliphatic rings. The molecular weight excluding hydrogens is 294 g/mol. The van der Waals surface area contributed by atoms with E-state index in [0.717, 1.165) is 31.2 Å². The molecule has 1 N–H and O–H groups in total. The van der Waals surface area contributed by atoms with Crippen LogP contribution >= 0.6 is 0 Å². The van der Waals surface area contributed by atoms with Crippen LogP contribution in [0.25, 0.3) is 0 Å². The lowest BCUT2D eigenvalue weighted by molar-refractivity contribution is -0.186. The van der Waals surface area contributed by atoms with Crippen molar-refractivity contribution in [3.63, 3.8) is 0 Å². The van der Waals surface area contributed by atoms with Crippen LogP contribution in [0.5, 0.6) is 5.75 Å². The number of carboxylic acids is 1. The van der Waals surface area contributed by atoms with Crippen molar-refractivity contribution in [3.05, 3.63) is 29.8 Å². The summed E-state index contributed by atoms with van der Waals surface area (Å²) in [6.07, 6.45) is 4.58. The molecule has 2 fully saturated rings. The molecule has 122 valence electrons. The molecule has 0 aromatic heterocycles. The Morgan fingerprint density at radius 1 is 1.30 bits per heavy atom. The van der Waals surface area contributed by atoms with Crippen LogP contribution in [0.3, 0.4) is 0 Å². The number of nitrogens with zero attached hydrogens (tertiary/aromatic N) is 1. The number of carbonyl (C=O) groups is 2. The number of amides is 1. The minimum Gasteiger partial charge on any atom is -0.481 e. The van der Waals surface area contributed by atoms with Crippen LogP contribution in [0.15, 0.2) is 24.3 Å². The molecule has 4 rings (SSSR count). The van der Waals surface area contributed by atoms with Crippen LogP contribution in [-0.2, 0) is 9.59 Å². The molecule has 0 spiro atoms. The number of carbonyl (C=O) groups excluding carboxylic acids is 1. The topological polar surface area (TPSA) is 66.8 Å². The van der Waals surface area contributed by atoms with Crippen molar-refractivity contribution in [2.24, 2.45) is 5.92 Å². The van der Waals surface area contributed by atoms with Crippen LogP contribution in [-0.4, -0.2) is 33.6 Å². The van der Waals surface area contributed by atoms with E-state index in [1.807, 2.05) is 31.2 Å². The van der Waals surface area contributed by atoms with Gasteiger partial charge in [-0.15, -0.1) is 0 Å². The van der Waals surface area contributed by atoms with Crippen LogP contribution in [0.4, 0.5) is 0 Å². The van der Waals surface area contributed by atoms with Gasteiger partial charge in [0.25, 0.3) is 0 Å². The molecule has 3 atom stereocenters. The Labute approximate surface area is 135 Å². The van der Waals surface area contributed by atoms with Crippen molar-refractivity contribution in [2.45, 2.75) is 56.7 Å². The normalized spacial score (nSPS) is 33.3. The number of hydrogen-bond acceptors (Lipinski definition) is 3. The highest BCUT2D eigenvalue weighted by molar-refractivity contribution is 5.99. The number of benzene rings is 1. The summed E-state index contributed by atoms with van der Waals surface area (Å²) in [7, 11) is 0. The Morgan fingerprint density at radius 2 is 2.00 bits per heavy atom.